The Hall–Kier alpha value is -2.94. The lowest BCUT2D eigenvalue weighted by Gasteiger charge is -2.31. The lowest BCUT2D eigenvalue weighted by molar-refractivity contribution is -0.132. The summed E-state index contributed by atoms with van der Waals surface area (Å²) in [6.07, 6.45) is 2.97. The van der Waals surface area contributed by atoms with E-state index in [9.17, 15) is 14.0 Å². The van der Waals surface area contributed by atoms with Gasteiger partial charge in [0.15, 0.2) is 5.69 Å². The van der Waals surface area contributed by atoms with Gasteiger partial charge in [-0.15, -0.1) is 0 Å². The molecule has 1 aliphatic carbocycles. The number of nitrogens with one attached hydrogen (secondary N) is 2. The van der Waals surface area contributed by atoms with Crippen LogP contribution in [0, 0.1) is 12.7 Å². The largest absolute Gasteiger partial charge is 0.382 e. The molecule has 2 aliphatic heterocycles. The Kier molecular flexibility index (Phi) is 4.96. The number of rotatable bonds is 5. The van der Waals surface area contributed by atoms with Gasteiger partial charge >= 0.3 is 0 Å². The summed E-state index contributed by atoms with van der Waals surface area (Å²) in [6.45, 7) is 3.24. The molecule has 1 aromatic carbocycles. The number of carbonyl (C=O) groups excluding carboxylic acids is 2. The van der Waals surface area contributed by atoms with Crippen molar-refractivity contribution in [2.75, 3.05) is 32.6 Å². The third-order valence-electron chi connectivity index (χ3n) is 7.18. The van der Waals surface area contributed by atoms with Crippen molar-refractivity contribution >= 4 is 17.5 Å². The van der Waals surface area contributed by atoms with Crippen LogP contribution in [-0.4, -0.2) is 70.7 Å². The molecule has 1 saturated carbocycles. The average Bonchev–Trinajstić information content (AvgIpc) is 3.23. The number of halogens is 1. The number of hydrogen-bond acceptors (Lipinski definition) is 5. The SMILES string of the molecule is COCC1(N(C)C(=O)c2n[nH]c3c2CN(C(=O)C2Cc4c(C)cc(F)cc4N2)CC3)CC1. The number of ether oxygens (including phenoxy) is 1. The van der Waals surface area contributed by atoms with Crippen LogP contribution in [0.25, 0.3) is 0 Å². The number of aromatic amines is 1. The number of H-pyrrole nitrogens is 1. The quantitative estimate of drug-likeness (QED) is 0.741. The number of hydrogen-bond donors (Lipinski definition) is 2. The van der Waals surface area contributed by atoms with Crippen LogP contribution >= 0.6 is 0 Å². The zero-order valence-corrected chi connectivity index (χ0v) is 18.6. The van der Waals surface area contributed by atoms with Crippen molar-refractivity contribution in [3.05, 3.63) is 46.0 Å². The number of likely N-dealkylation sites (N-methyl/N-ethyl adjacent to an activating group) is 1. The number of methoxy groups -OCH3 is 1. The lowest BCUT2D eigenvalue weighted by Crippen LogP contribution is -2.45. The van der Waals surface area contributed by atoms with Gasteiger partial charge in [-0.1, -0.05) is 0 Å². The molecule has 9 heteroatoms. The van der Waals surface area contributed by atoms with Crippen LogP contribution in [0.3, 0.4) is 0 Å². The molecule has 0 bridgehead atoms. The van der Waals surface area contributed by atoms with E-state index in [1.165, 1.54) is 12.1 Å². The highest BCUT2D eigenvalue weighted by Gasteiger charge is 2.49. The van der Waals surface area contributed by atoms with Crippen molar-refractivity contribution < 1.29 is 18.7 Å². The van der Waals surface area contributed by atoms with E-state index in [0.717, 1.165) is 35.2 Å². The maximum atomic E-state index is 13.8. The molecule has 0 radical (unpaired) electrons. The van der Waals surface area contributed by atoms with Gasteiger partial charge in [-0.05, 0) is 43.0 Å². The van der Waals surface area contributed by atoms with Crippen LogP contribution in [0.4, 0.5) is 10.1 Å². The Balaban J connectivity index is 1.32. The fraction of sp³-hybridized carbons (Fsp3) is 0.522. The molecule has 1 atom stereocenters. The molecule has 2 aromatic rings. The molecule has 2 amide bonds. The van der Waals surface area contributed by atoms with Gasteiger partial charge in [0.05, 0.1) is 12.1 Å². The first-order valence-corrected chi connectivity index (χ1v) is 11.0. The highest BCUT2D eigenvalue weighted by Crippen LogP contribution is 2.42. The van der Waals surface area contributed by atoms with Crippen molar-refractivity contribution in [1.82, 2.24) is 20.0 Å². The topological polar surface area (TPSA) is 90.6 Å². The zero-order valence-electron chi connectivity index (χ0n) is 18.6. The maximum Gasteiger partial charge on any atom is 0.274 e. The highest BCUT2D eigenvalue weighted by atomic mass is 19.1. The minimum Gasteiger partial charge on any atom is -0.382 e. The molecule has 170 valence electrons. The second-order valence-electron chi connectivity index (χ2n) is 9.21. The molecule has 3 heterocycles. The van der Waals surface area contributed by atoms with Gasteiger partial charge in [0.25, 0.3) is 5.91 Å². The van der Waals surface area contributed by atoms with E-state index < -0.39 is 6.04 Å². The summed E-state index contributed by atoms with van der Waals surface area (Å²) < 4.78 is 19.1. The molecule has 1 fully saturated rings. The smallest absolute Gasteiger partial charge is 0.274 e. The van der Waals surface area contributed by atoms with Crippen molar-refractivity contribution in [1.29, 1.82) is 0 Å². The first-order valence-electron chi connectivity index (χ1n) is 11.0. The first-order chi connectivity index (χ1) is 15.3. The Bertz CT molecular complexity index is 1090. The summed E-state index contributed by atoms with van der Waals surface area (Å²) >= 11 is 0. The zero-order chi connectivity index (χ0) is 22.6. The van der Waals surface area contributed by atoms with Crippen LogP contribution in [0.1, 0.15) is 45.7 Å². The normalized spacial score (nSPS) is 20.4. The molecule has 1 unspecified atom stereocenters. The Morgan fingerprint density at radius 2 is 2.12 bits per heavy atom. The Morgan fingerprint density at radius 3 is 2.84 bits per heavy atom. The van der Waals surface area contributed by atoms with Gasteiger partial charge in [-0.3, -0.25) is 14.7 Å². The number of anilines is 1. The van der Waals surface area contributed by atoms with Crippen LogP contribution in [0.15, 0.2) is 12.1 Å². The minimum absolute atomic E-state index is 0.0438. The van der Waals surface area contributed by atoms with Gasteiger partial charge in [-0.2, -0.15) is 5.10 Å². The second-order valence-corrected chi connectivity index (χ2v) is 9.21. The highest BCUT2D eigenvalue weighted by molar-refractivity contribution is 5.95. The summed E-state index contributed by atoms with van der Waals surface area (Å²) in [5.41, 5.74) is 4.33. The lowest BCUT2D eigenvalue weighted by atomic mass is 10.0. The summed E-state index contributed by atoms with van der Waals surface area (Å²) in [5.74, 6) is -0.501. The van der Waals surface area contributed by atoms with Gasteiger partial charge in [0.2, 0.25) is 5.91 Å². The van der Waals surface area contributed by atoms with Crippen molar-refractivity contribution in [2.45, 2.75) is 50.7 Å². The molecular formula is C23H28FN5O3. The maximum absolute atomic E-state index is 13.8. The van der Waals surface area contributed by atoms with E-state index in [1.54, 1.807) is 24.0 Å². The summed E-state index contributed by atoms with van der Waals surface area (Å²) in [6, 6.07) is 2.51. The third kappa shape index (κ3) is 3.35. The molecule has 32 heavy (non-hydrogen) atoms. The number of benzene rings is 1. The fourth-order valence-electron chi connectivity index (χ4n) is 5.01. The van der Waals surface area contributed by atoms with Crippen LogP contribution in [0.2, 0.25) is 0 Å². The van der Waals surface area contributed by atoms with Gasteiger partial charge < -0.3 is 19.9 Å². The van der Waals surface area contributed by atoms with Crippen LogP contribution in [-0.2, 0) is 28.9 Å². The average molecular weight is 442 g/mol. The Morgan fingerprint density at radius 1 is 1.34 bits per heavy atom. The van der Waals surface area contributed by atoms with Gasteiger partial charge in [0, 0.05) is 57.0 Å². The summed E-state index contributed by atoms with van der Waals surface area (Å²) in [5, 5.41) is 10.5. The van der Waals surface area contributed by atoms with E-state index in [1.807, 2.05) is 6.92 Å². The summed E-state index contributed by atoms with van der Waals surface area (Å²) in [7, 11) is 3.44. The number of amides is 2. The first kappa shape index (κ1) is 20.9. The van der Waals surface area contributed by atoms with E-state index in [-0.39, 0.29) is 23.2 Å². The van der Waals surface area contributed by atoms with Crippen molar-refractivity contribution in [3.63, 3.8) is 0 Å². The van der Waals surface area contributed by atoms with Crippen molar-refractivity contribution in [3.8, 4) is 0 Å². The molecule has 0 spiro atoms. The van der Waals surface area contributed by atoms with Gasteiger partial charge in [0.1, 0.15) is 11.9 Å². The standard InChI is InChI=1S/C23H28FN5O3/c1-13-8-14(24)9-18-15(13)10-19(25-18)21(30)29-7-4-17-16(11-29)20(27-26-17)22(31)28(2)23(5-6-23)12-32-3/h8-9,19,25H,4-7,10-12H2,1-3H3,(H,26,27). The van der Waals surface area contributed by atoms with Crippen LogP contribution in [0.5, 0.6) is 0 Å². The predicted octanol–water partition coefficient (Wildman–Crippen LogP) is 2.03. The number of nitrogens with zero attached hydrogens (tertiary/aromatic N) is 3. The number of aromatic nitrogens is 2. The third-order valence-corrected chi connectivity index (χ3v) is 7.18. The van der Waals surface area contributed by atoms with E-state index in [4.69, 9.17) is 4.74 Å². The molecule has 5 rings (SSSR count). The molecule has 1 aromatic heterocycles. The number of fused-ring (bicyclic) bond motifs is 2. The van der Waals surface area contributed by atoms with Gasteiger partial charge in [-0.25, -0.2) is 4.39 Å². The van der Waals surface area contributed by atoms with E-state index >= 15 is 0 Å². The summed E-state index contributed by atoms with van der Waals surface area (Å²) in [4.78, 5) is 30.0. The molecule has 0 saturated heterocycles. The number of aryl methyl sites for hydroxylation is 1. The minimum atomic E-state index is -0.433. The second kappa shape index (κ2) is 7.58. The molecular weight excluding hydrogens is 413 g/mol. The van der Waals surface area contributed by atoms with E-state index in [0.29, 0.717) is 43.9 Å². The molecule has 3 aliphatic rings. The predicted molar refractivity (Wildman–Crippen MR) is 116 cm³/mol. The van der Waals surface area contributed by atoms with Crippen LogP contribution < -0.4 is 5.32 Å². The molecule has 2 N–H and O–H groups in total. The monoisotopic (exact) mass is 441 g/mol. The van der Waals surface area contributed by atoms with Crippen molar-refractivity contribution in [2.24, 2.45) is 0 Å². The molecule has 8 nitrogen and oxygen atoms in total. The number of carbonyl (C=O) groups is 2. The fourth-order valence-corrected chi connectivity index (χ4v) is 5.01. The van der Waals surface area contributed by atoms with E-state index in [2.05, 4.69) is 15.5 Å². The Labute approximate surface area is 186 Å².